The second kappa shape index (κ2) is 6.70. The van der Waals surface area contributed by atoms with Gasteiger partial charge in [-0.1, -0.05) is 29.8 Å². The summed E-state index contributed by atoms with van der Waals surface area (Å²) in [5.41, 5.74) is 1.72. The van der Waals surface area contributed by atoms with E-state index in [0.717, 1.165) is 5.56 Å². The molecule has 110 valence electrons. The third kappa shape index (κ3) is 4.03. The molecule has 2 rings (SSSR count). The first-order valence-electron chi connectivity index (χ1n) is 6.46. The highest BCUT2D eigenvalue weighted by Crippen LogP contribution is 2.24. The van der Waals surface area contributed by atoms with Crippen molar-refractivity contribution >= 4 is 23.2 Å². The third-order valence-corrected chi connectivity index (χ3v) is 3.56. The topological polar surface area (TPSA) is 49.3 Å². The predicted octanol–water partition coefficient (Wildman–Crippen LogP) is 3.85. The Labute approximate surface area is 127 Å². The Kier molecular flexibility index (Phi) is 4.94. The van der Waals surface area contributed by atoms with Crippen LogP contribution in [-0.2, 0) is 4.79 Å². The number of rotatable bonds is 4. The molecule has 0 aliphatic carbocycles. The van der Waals surface area contributed by atoms with Crippen molar-refractivity contribution in [3.05, 3.63) is 64.4 Å². The average molecular weight is 308 g/mol. The number of anilines is 1. The van der Waals surface area contributed by atoms with Crippen molar-refractivity contribution in [1.82, 2.24) is 0 Å². The number of aliphatic hydroxyl groups is 1. The fraction of sp³-hybridized carbons (Fsp3) is 0.188. The highest BCUT2D eigenvalue weighted by Gasteiger charge is 2.14. The maximum Gasteiger partial charge on any atom is 0.227 e. The number of hydrogen-bond donors (Lipinski definition) is 2. The number of halogens is 2. The van der Waals surface area contributed by atoms with Crippen LogP contribution in [0.25, 0.3) is 0 Å². The van der Waals surface area contributed by atoms with Crippen LogP contribution in [0, 0.1) is 12.7 Å². The Morgan fingerprint density at radius 1 is 1.33 bits per heavy atom. The van der Waals surface area contributed by atoms with E-state index in [1.54, 1.807) is 31.2 Å². The number of amides is 1. The Balaban J connectivity index is 2.03. The average Bonchev–Trinajstić information content (AvgIpc) is 2.44. The Morgan fingerprint density at radius 3 is 2.76 bits per heavy atom. The molecule has 0 bridgehead atoms. The molecule has 3 nitrogen and oxygen atoms in total. The van der Waals surface area contributed by atoms with Crippen LogP contribution < -0.4 is 5.32 Å². The van der Waals surface area contributed by atoms with E-state index in [0.29, 0.717) is 16.3 Å². The second-order valence-electron chi connectivity index (χ2n) is 4.74. The molecule has 1 atom stereocenters. The van der Waals surface area contributed by atoms with Crippen LogP contribution in [0.3, 0.4) is 0 Å². The van der Waals surface area contributed by atoms with Crippen molar-refractivity contribution in [3.63, 3.8) is 0 Å². The lowest BCUT2D eigenvalue weighted by molar-refractivity contribution is -0.118. The van der Waals surface area contributed by atoms with E-state index in [9.17, 15) is 14.3 Å². The zero-order valence-corrected chi connectivity index (χ0v) is 12.2. The van der Waals surface area contributed by atoms with Crippen LogP contribution in [0.2, 0.25) is 5.02 Å². The van der Waals surface area contributed by atoms with E-state index in [1.807, 2.05) is 0 Å². The van der Waals surface area contributed by atoms with Gasteiger partial charge in [0.05, 0.1) is 12.5 Å². The highest BCUT2D eigenvalue weighted by atomic mass is 35.5. The standard InChI is InChI=1S/C16H15ClFNO2/c1-10-13(17)6-3-7-14(10)19-16(21)9-15(20)11-4-2-5-12(18)8-11/h2-8,15,20H,9H2,1H3,(H,19,21). The maximum absolute atomic E-state index is 13.1. The van der Waals surface area contributed by atoms with Crippen molar-refractivity contribution in [2.75, 3.05) is 5.32 Å². The van der Waals surface area contributed by atoms with Crippen molar-refractivity contribution in [2.24, 2.45) is 0 Å². The van der Waals surface area contributed by atoms with Gasteiger partial charge in [0.2, 0.25) is 5.91 Å². The lowest BCUT2D eigenvalue weighted by Crippen LogP contribution is -2.16. The Hall–Kier alpha value is -1.91. The lowest BCUT2D eigenvalue weighted by atomic mass is 10.1. The molecule has 0 saturated carbocycles. The van der Waals surface area contributed by atoms with Gasteiger partial charge in [-0.25, -0.2) is 4.39 Å². The molecule has 0 fully saturated rings. The van der Waals surface area contributed by atoms with Gasteiger partial charge in [0.1, 0.15) is 5.82 Å². The molecule has 2 aromatic rings. The highest BCUT2D eigenvalue weighted by molar-refractivity contribution is 6.31. The third-order valence-electron chi connectivity index (χ3n) is 3.15. The largest absolute Gasteiger partial charge is 0.388 e. The van der Waals surface area contributed by atoms with E-state index in [-0.39, 0.29) is 12.3 Å². The summed E-state index contributed by atoms with van der Waals surface area (Å²) in [7, 11) is 0. The van der Waals surface area contributed by atoms with Crippen molar-refractivity contribution < 1.29 is 14.3 Å². The smallest absolute Gasteiger partial charge is 0.227 e. The van der Waals surface area contributed by atoms with Gasteiger partial charge < -0.3 is 10.4 Å². The number of carbonyl (C=O) groups is 1. The fourth-order valence-corrected chi connectivity index (χ4v) is 2.13. The van der Waals surface area contributed by atoms with Gasteiger partial charge in [0.15, 0.2) is 0 Å². The number of benzene rings is 2. The molecule has 0 saturated heterocycles. The van der Waals surface area contributed by atoms with Gasteiger partial charge in [-0.15, -0.1) is 0 Å². The lowest BCUT2D eigenvalue weighted by Gasteiger charge is -2.13. The molecule has 0 aliphatic rings. The summed E-state index contributed by atoms with van der Waals surface area (Å²) in [4.78, 5) is 11.9. The molecule has 0 radical (unpaired) electrons. The molecule has 0 aromatic heterocycles. The van der Waals surface area contributed by atoms with Crippen LogP contribution in [0.5, 0.6) is 0 Å². The summed E-state index contributed by atoms with van der Waals surface area (Å²) in [6.45, 7) is 1.79. The summed E-state index contributed by atoms with van der Waals surface area (Å²) in [5.74, 6) is -0.810. The van der Waals surface area contributed by atoms with Crippen molar-refractivity contribution in [1.29, 1.82) is 0 Å². The minimum atomic E-state index is -1.06. The minimum Gasteiger partial charge on any atom is -0.388 e. The van der Waals surface area contributed by atoms with E-state index >= 15 is 0 Å². The SMILES string of the molecule is Cc1c(Cl)cccc1NC(=O)CC(O)c1cccc(F)c1. The summed E-state index contributed by atoms with van der Waals surface area (Å²) >= 11 is 5.97. The Morgan fingerprint density at radius 2 is 2.05 bits per heavy atom. The van der Waals surface area contributed by atoms with Crippen molar-refractivity contribution in [3.8, 4) is 0 Å². The fourth-order valence-electron chi connectivity index (χ4n) is 1.95. The molecule has 5 heteroatoms. The summed E-state index contributed by atoms with van der Waals surface area (Å²) in [5, 5.41) is 13.2. The number of nitrogens with one attached hydrogen (secondary N) is 1. The molecular weight excluding hydrogens is 293 g/mol. The van der Waals surface area contributed by atoms with Gasteiger partial charge in [-0.2, -0.15) is 0 Å². The van der Waals surface area contributed by atoms with Crippen LogP contribution in [0.1, 0.15) is 23.7 Å². The van der Waals surface area contributed by atoms with Crippen LogP contribution in [-0.4, -0.2) is 11.0 Å². The molecule has 1 unspecified atom stereocenters. The molecule has 0 aliphatic heterocycles. The van der Waals surface area contributed by atoms with E-state index in [4.69, 9.17) is 11.6 Å². The van der Waals surface area contributed by atoms with E-state index in [1.165, 1.54) is 18.2 Å². The van der Waals surface area contributed by atoms with Crippen LogP contribution in [0.15, 0.2) is 42.5 Å². The molecule has 21 heavy (non-hydrogen) atoms. The van der Waals surface area contributed by atoms with Gasteiger partial charge in [-0.05, 0) is 42.3 Å². The minimum absolute atomic E-state index is 0.157. The molecule has 0 spiro atoms. The quantitative estimate of drug-likeness (QED) is 0.901. The summed E-state index contributed by atoms with van der Waals surface area (Å²) < 4.78 is 13.1. The van der Waals surface area contributed by atoms with Gasteiger partial charge >= 0.3 is 0 Å². The van der Waals surface area contributed by atoms with Gasteiger partial charge in [0, 0.05) is 10.7 Å². The zero-order valence-electron chi connectivity index (χ0n) is 11.4. The second-order valence-corrected chi connectivity index (χ2v) is 5.14. The molecule has 2 aromatic carbocycles. The molecular formula is C16H15ClFNO2. The van der Waals surface area contributed by atoms with E-state index in [2.05, 4.69) is 5.32 Å². The molecule has 2 N–H and O–H groups in total. The van der Waals surface area contributed by atoms with Gasteiger partial charge in [0.25, 0.3) is 0 Å². The number of aliphatic hydroxyl groups excluding tert-OH is 1. The number of hydrogen-bond acceptors (Lipinski definition) is 2. The first-order chi connectivity index (χ1) is 9.97. The first kappa shape index (κ1) is 15.5. The van der Waals surface area contributed by atoms with E-state index < -0.39 is 11.9 Å². The Bertz CT molecular complexity index is 660. The van der Waals surface area contributed by atoms with Crippen molar-refractivity contribution in [2.45, 2.75) is 19.4 Å². The van der Waals surface area contributed by atoms with Crippen LogP contribution in [0.4, 0.5) is 10.1 Å². The maximum atomic E-state index is 13.1. The summed E-state index contributed by atoms with van der Waals surface area (Å²) in [6.07, 6.45) is -1.21. The molecule has 1 amide bonds. The number of carbonyl (C=O) groups excluding carboxylic acids is 1. The predicted molar refractivity (Wildman–Crippen MR) is 80.8 cm³/mol. The zero-order chi connectivity index (χ0) is 15.4. The summed E-state index contributed by atoms with van der Waals surface area (Å²) in [6, 6.07) is 10.8. The van der Waals surface area contributed by atoms with Gasteiger partial charge in [-0.3, -0.25) is 4.79 Å². The first-order valence-corrected chi connectivity index (χ1v) is 6.83. The van der Waals surface area contributed by atoms with Crippen LogP contribution >= 0.6 is 11.6 Å². The monoisotopic (exact) mass is 307 g/mol. The normalized spacial score (nSPS) is 12.0. The molecule has 0 heterocycles.